The van der Waals surface area contributed by atoms with Crippen LogP contribution in [0.15, 0.2) is 28.8 Å². The zero-order valence-corrected chi connectivity index (χ0v) is 20.0. The summed E-state index contributed by atoms with van der Waals surface area (Å²) in [6.45, 7) is 6.26. The molecule has 0 saturated heterocycles. The molecule has 0 bridgehead atoms. The fourth-order valence-corrected chi connectivity index (χ4v) is 3.31. The van der Waals surface area contributed by atoms with Crippen LogP contribution in [0.2, 0.25) is 0 Å². The summed E-state index contributed by atoms with van der Waals surface area (Å²) < 4.78 is 5.25. The number of halogens is 1. The molecular formula is C24H39ClN4O2. The number of benzene rings is 1. The molecule has 1 atom stereocenters. The summed E-state index contributed by atoms with van der Waals surface area (Å²) in [6, 6.07) is 7.79. The average Bonchev–Trinajstić information content (AvgIpc) is 3.22. The summed E-state index contributed by atoms with van der Waals surface area (Å²) in [5.74, 6) is 0.769. The number of hydrogen-bond acceptors (Lipinski definition) is 5. The molecule has 0 aliphatic heterocycles. The molecule has 0 aliphatic rings. The molecule has 1 aromatic heterocycles. The zero-order chi connectivity index (χ0) is 21.8. The van der Waals surface area contributed by atoms with Crippen molar-refractivity contribution < 1.29 is 9.32 Å². The molecule has 0 radical (unpaired) electrons. The summed E-state index contributed by atoms with van der Waals surface area (Å²) in [5, 5.41) is 6.76. The van der Waals surface area contributed by atoms with Gasteiger partial charge in [0.05, 0.1) is 12.6 Å². The molecule has 6 nitrogen and oxygen atoms in total. The Labute approximate surface area is 193 Å². The maximum atomic E-state index is 11.9. The molecule has 3 N–H and O–H groups in total. The number of nitrogens with two attached hydrogens (primary N) is 1. The lowest BCUT2D eigenvalue weighted by Crippen LogP contribution is -2.43. The van der Waals surface area contributed by atoms with Gasteiger partial charge in [-0.1, -0.05) is 95.1 Å². The van der Waals surface area contributed by atoms with Crippen LogP contribution in [0.1, 0.15) is 83.6 Å². The highest BCUT2D eigenvalue weighted by Crippen LogP contribution is 2.18. The highest BCUT2D eigenvalue weighted by Gasteiger charge is 2.18. The molecule has 1 heterocycles. The minimum atomic E-state index is -0.541. The Morgan fingerprint density at radius 3 is 2.26 bits per heavy atom. The van der Waals surface area contributed by atoms with Gasteiger partial charge in [0.25, 0.3) is 0 Å². The van der Waals surface area contributed by atoms with Crippen molar-refractivity contribution in [1.29, 1.82) is 0 Å². The molecule has 2 aromatic rings. The fourth-order valence-electron chi connectivity index (χ4n) is 3.31. The number of aromatic nitrogens is 2. The molecule has 7 heteroatoms. The Morgan fingerprint density at radius 1 is 1.03 bits per heavy atom. The zero-order valence-electron chi connectivity index (χ0n) is 19.2. The second-order valence-electron chi connectivity index (χ2n) is 8.42. The van der Waals surface area contributed by atoms with Gasteiger partial charge in [-0.25, -0.2) is 0 Å². The van der Waals surface area contributed by atoms with Crippen LogP contribution in [-0.4, -0.2) is 22.1 Å². The average molecular weight is 451 g/mol. The van der Waals surface area contributed by atoms with Crippen LogP contribution in [0.5, 0.6) is 0 Å². The lowest BCUT2D eigenvalue weighted by atomic mass is 10.0. The Bertz CT molecular complexity index is 746. The predicted octanol–water partition coefficient (Wildman–Crippen LogP) is 5.44. The third-order valence-corrected chi connectivity index (χ3v) is 5.43. The Balaban J connectivity index is 0.00000480. The van der Waals surface area contributed by atoms with E-state index >= 15 is 0 Å². The lowest BCUT2D eigenvalue weighted by Gasteiger charge is -2.14. The first kappa shape index (κ1) is 27.1. The molecule has 1 aromatic carbocycles. The Kier molecular flexibility index (Phi) is 13.1. The van der Waals surface area contributed by atoms with Crippen LogP contribution >= 0.6 is 12.4 Å². The van der Waals surface area contributed by atoms with Crippen molar-refractivity contribution in [1.82, 2.24) is 15.5 Å². The summed E-state index contributed by atoms with van der Waals surface area (Å²) in [6.07, 6.45) is 11.8. The van der Waals surface area contributed by atoms with Crippen molar-refractivity contribution in [2.45, 2.75) is 91.1 Å². The monoisotopic (exact) mass is 450 g/mol. The van der Waals surface area contributed by atoms with Gasteiger partial charge in [-0.15, -0.1) is 12.4 Å². The van der Waals surface area contributed by atoms with Crippen molar-refractivity contribution in [3.63, 3.8) is 0 Å². The maximum Gasteiger partial charge on any atom is 0.246 e. The third-order valence-electron chi connectivity index (χ3n) is 5.43. The largest absolute Gasteiger partial charge is 0.346 e. The molecule has 0 spiro atoms. The van der Waals surface area contributed by atoms with Gasteiger partial charge in [0.15, 0.2) is 0 Å². The normalized spacial score (nSPS) is 11.9. The molecule has 174 valence electrons. The summed E-state index contributed by atoms with van der Waals surface area (Å²) in [7, 11) is 0. The lowest BCUT2D eigenvalue weighted by molar-refractivity contribution is -0.123. The minimum Gasteiger partial charge on any atom is -0.346 e. The second-order valence-corrected chi connectivity index (χ2v) is 8.42. The van der Waals surface area contributed by atoms with Crippen LogP contribution in [0.3, 0.4) is 0 Å². The van der Waals surface area contributed by atoms with Gasteiger partial charge in [0.2, 0.25) is 17.6 Å². The van der Waals surface area contributed by atoms with Gasteiger partial charge in [0.1, 0.15) is 0 Å². The number of nitrogens with zero attached hydrogens (tertiary/aromatic N) is 2. The molecule has 0 saturated carbocycles. The highest BCUT2D eigenvalue weighted by molar-refractivity contribution is 5.85. The predicted molar refractivity (Wildman–Crippen MR) is 128 cm³/mol. The topological polar surface area (TPSA) is 94.0 Å². The summed E-state index contributed by atoms with van der Waals surface area (Å²) in [5.41, 5.74) is 8.08. The second kappa shape index (κ2) is 15.0. The molecule has 0 aliphatic carbocycles. The molecular weight excluding hydrogens is 412 g/mol. The van der Waals surface area contributed by atoms with Crippen LogP contribution in [-0.2, 0) is 17.8 Å². The van der Waals surface area contributed by atoms with E-state index < -0.39 is 6.04 Å². The number of hydrogen-bond donors (Lipinski definition) is 2. The van der Waals surface area contributed by atoms with E-state index in [1.165, 1.54) is 56.9 Å². The standard InChI is InChI=1S/C24H38N4O2.ClH/c1-4-5-6-7-8-9-10-11-12-19-13-15-20(16-14-19)23-27-21(30-28-23)17-26-24(29)22(25)18(2)3;/h13-16,18,22H,4-12,17,25H2,1-3H3,(H,26,29);1H. The number of unbranched alkanes of at least 4 members (excludes halogenated alkanes) is 7. The smallest absolute Gasteiger partial charge is 0.246 e. The Hall–Kier alpha value is -1.92. The van der Waals surface area contributed by atoms with Crippen molar-refractivity contribution >= 4 is 18.3 Å². The van der Waals surface area contributed by atoms with E-state index in [2.05, 4.69) is 34.5 Å². The number of carbonyl (C=O) groups is 1. The third kappa shape index (κ3) is 9.83. The van der Waals surface area contributed by atoms with Crippen LogP contribution in [0.4, 0.5) is 0 Å². The molecule has 2 rings (SSSR count). The van der Waals surface area contributed by atoms with Crippen molar-refractivity contribution in [2.75, 3.05) is 0 Å². The number of carbonyl (C=O) groups excluding carboxylic acids is 1. The summed E-state index contributed by atoms with van der Waals surface area (Å²) in [4.78, 5) is 16.3. The molecule has 31 heavy (non-hydrogen) atoms. The van der Waals surface area contributed by atoms with Crippen LogP contribution in [0, 0.1) is 5.92 Å². The van der Waals surface area contributed by atoms with Gasteiger partial charge in [0, 0.05) is 5.56 Å². The van der Waals surface area contributed by atoms with E-state index in [0.29, 0.717) is 11.7 Å². The number of amides is 1. The van der Waals surface area contributed by atoms with E-state index in [0.717, 1.165) is 12.0 Å². The van der Waals surface area contributed by atoms with Crippen molar-refractivity contribution in [2.24, 2.45) is 11.7 Å². The number of rotatable bonds is 14. The quantitative estimate of drug-likeness (QED) is 0.373. The van der Waals surface area contributed by atoms with Gasteiger partial charge < -0.3 is 15.6 Å². The van der Waals surface area contributed by atoms with Gasteiger partial charge in [-0.2, -0.15) is 4.98 Å². The van der Waals surface area contributed by atoms with E-state index in [4.69, 9.17) is 10.3 Å². The molecule has 1 amide bonds. The minimum absolute atomic E-state index is 0. The van der Waals surface area contributed by atoms with Crippen molar-refractivity contribution in [3.05, 3.63) is 35.7 Å². The fraction of sp³-hybridized carbons (Fsp3) is 0.625. The first-order chi connectivity index (χ1) is 14.5. The first-order valence-corrected chi connectivity index (χ1v) is 11.5. The first-order valence-electron chi connectivity index (χ1n) is 11.5. The molecule has 0 fully saturated rings. The highest BCUT2D eigenvalue weighted by atomic mass is 35.5. The SMILES string of the molecule is CCCCCCCCCCc1ccc(-c2noc(CNC(=O)C(N)C(C)C)n2)cc1.Cl. The number of aryl methyl sites for hydroxylation is 1. The van der Waals surface area contributed by atoms with E-state index in [9.17, 15) is 4.79 Å². The summed E-state index contributed by atoms with van der Waals surface area (Å²) >= 11 is 0. The molecule has 1 unspecified atom stereocenters. The van der Waals surface area contributed by atoms with E-state index in [-0.39, 0.29) is 30.8 Å². The van der Waals surface area contributed by atoms with Gasteiger partial charge >= 0.3 is 0 Å². The maximum absolute atomic E-state index is 11.9. The van der Waals surface area contributed by atoms with Gasteiger partial charge in [-0.3, -0.25) is 4.79 Å². The Morgan fingerprint density at radius 2 is 1.65 bits per heavy atom. The van der Waals surface area contributed by atoms with Crippen molar-refractivity contribution in [3.8, 4) is 11.4 Å². The van der Waals surface area contributed by atoms with E-state index in [1.54, 1.807) is 0 Å². The van der Waals surface area contributed by atoms with Crippen LogP contribution < -0.4 is 11.1 Å². The van der Waals surface area contributed by atoms with Gasteiger partial charge in [-0.05, 0) is 24.3 Å². The van der Waals surface area contributed by atoms with Crippen LogP contribution in [0.25, 0.3) is 11.4 Å². The number of nitrogens with one attached hydrogen (secondary N) is 1. The van der Waals surface area contributed by atoms with E-state index in [1.807, 2.05) is 26.0 Å².